The van der Waals surface area contributed by atoms with E-state index in [4.69, 9.17) is 19.9 Å². The quantitative estimate of drug-likeness (QED) is 0.502. The first-order chi connectivity index (χ1) is 16.7. The molecule has 0 bridgehead atoms. The van der Waals surface area contributed by atoms with Gasteiger partial charge in [-0.2, -0.15) is 8.78 Å². The number of rotatable bonds is 5. The highest BCUT2D eigenvalue weighted by molar-refractivity contribution is 5.96. The van der Waals surface area contributed by atoms with Crippen LogP contribution in [0.4, 0.5) is 17.6 Å². The van der Waals surface area contributed by atoms with Gasteiger partial charge in [0.05, 0.1) is 25.3 Å². The lowest BCUT2D eigenvalue weighted by molar-refractivity contribution is -0.209. The van der Waals surface area contributed by atoms with Gasteiger partial charge in [0.25, 0.3) is 6.02 Å². The van der Waals surface area contributed by atoms with Crippen LogP contribution in [-0.2, 0) is 21.4 Å². The number of fused-ring (bicyclic) bond motifs is 2. The van der Waals surface area contributed by atoms with E-state index >= 15 is 4.39 Å². The number of halogens is 4. The van der Waals surface area contributed by atoms with Crippen molar-refractivity contribution >= 4 is 11.8 Å². The zero-order chi connectivity index (χ0) is 24.8. The monoisotopic (exact) mass is 495 g/mol. The van der Waals surface area contributed by atoms with E-state index in [2.05, 4.69) is 14.7 Å². The molecule has 5 rings (SSSR count). The van der Waals surface area contributed by atoms with Crippen LogP contribution in [0.25, 0.3) is 0 Å². The van der Waals surface area contributed by atoms with Gasteiger partial charge < -0.3 is 24.7 Å². The second kappa shape index (κ2) is 8.67. The van der Waals surface area contributed by atoms with Crippen molar-refractivity contribution in [1.29, 1.82) is 0 Å². The molecule has 0 unspecified atom stereocenters. The van der Waals surface area contributed by atoms with E-state index in [-0.39, 0.29) is 41.8 Å². The molecule has 4 heterocycles. The molecule has 1 saturated heterocycles. The van der Waals surface area contributed by atoms with Crippen molar-refractivity contribution < 1.29 is 41.3 Å². The first-order valence-corrected chi connectivity index (χ1v) is 10.9. The van der Waals surface area contributed by atoms with Crippen molar-refractivity contribution in [3.05, 3.63) is 53.1 Å². The molecule has 0 aliphatic carbocycles. The van der Waals surface area contributed by atoms with E-state index in [0.717, 1.165) is 12.3 Å². The van der Waals surface area contributed by atoms with E-state index in [1.165, 1.54) is 18.2 Å². The molecule has 2 aromatic rings. The normalized spacial score (nSPS) is 26.8. The summed E-state index contributed by atoms with van der Waals surface area (Å²) < 4.78 is 76.8. The van der Waals surface area contributed by atoms with Crippen LogP contribution in [-0.4, -0.2) is 55.5 Å². The standard InChI is InChI=1S/C23H21F4N3O5/c24-10-22(14-9-32-4-3-18(14)34-21(28)30-22)13-5-12(1-2-15(13)25)6-17(31)16-7-19-20(8-29-16)35-23(26,27)11-33-19/h1-2,5,7-8,14,18H,3-4,6,9-11H2,(H2,28,30)/t14-,18+,22+/m0/s1. The Labute approximate surface area is 197 Å². The van der Waals surface area contributed by atoms with Gasteiger partial charge >= 0.3 is 6.11 Å². The number of aromatic nitrogens is 1. The highest BCUT2D eigenvalue weighted by atomic mass is 19.3. The van der Waals surface area contributed by atoms with E-state index in [1.807, 2.05) is 0 Å². The van der Waals surface area contributed by atoms with Crippen molar-refractivity contribution in [2.45, 2.75) is 30.6 Å². The van der Waals surface area contributed by atoms with Gasteiger partial charge in [0.15, 0.2) is 23.9 Å². The smallest absolute Gasteiger partial charge is 0.433 e. The number of alkyl halides is 3. The molecule has 1 aromatic carbocycles. The number of carbonyl (C=O) groups excluding carboxylic acids is 1. The molecule has 3 aliphatic heterocycles. The van der Waals surface area contributed by atoms with Gasteiger partial charge in [-0.3, -0.25) is 4.79 Å². The minimum atomic E-state index is -3.49. The van der Waals surface area contributed by atoms with E-state index in [1.54, 1.807) is 0 Å². The lowest BCUT2D eigenvalue weighted by atomic mass is 9.74. The number of hydrogen-bond donors (Lipinski definition) is 1. The van der Waals surface area contributed by atoms with Gasteiger partial charge in [-0.1, -0.05) is 6.07 Å². The molecule has 35 heavy (non-hydrogen) atoms. The van der Waals surface area contributed by atoms with Crippen LogP contribution < -0.4 is 15.2 Å². The third-order valence-corrected chi connectivity index (χ3v) is 6.33. The first kappa shape index (κ1) is 23.3. The molecule has 3 atom stereocenters. The maximum absolute atomic E-state index is 15.0. The maximum Gasteiger partial charge on any atom is 0.433 e. The van der Waals surface area contributed by atoms with Crippen LogP contribution in [0.2, 0.25) is 0 Å². The lowest BCUT2D eigenvalue weighted by Gasteiger charge is -2.45. The molecule has 0 saturated carbocycles. The highest BCUT2D eigenvalue weighted by Crippen LogP contribution is 2.44. The SMILES string of the molecule is NC1=N[C@](CF)(c2cc(CC(=O)c3cc4c(cn3)OC(F)(F)CO4)ccc2F)[C@H]2COCC[C@H]2O1. The zero-order valence-corrected chi connectivity index (χ0v) is 18.3. The van der Waals surface area contributed by atoms with Crippen molar-refractivity contribution in [1.82, 2.24) is 4.98 Å². The molecular weight excluding hydrogens is 474 g/mol. The molecule has 2 N–H and O–H groups in total. The largest absolute Gasteiger partial charge is 0.479 e. The Morgan fingerprint density at radius 2 is 2.06 bits per heavy atom. The summed E-state index contributed by atoms with van der Waals surface area (Å²) in [4.78, 5) is 20.9. The number of hydrogen-bond acceptors (Lipinski definition) is 8. The fourth-order valence-electron chi connectivity index (χ4n) is 4.64. The van der Waals surface area contributed by atoms with Gasteiger partial charge in [0.2, 0.25) is 0 Å². The Bertz CT molecular complexity index is 1190. The first-order valence-electron chi connectivity index (χ1n) is 10.9. The number of nitrogens with two attached hydrogens (primary N) is 1. The zero-order valence-electron chi connectivity index (χ0n) is 18.3. The molecule has 1 aromatic heterocycles. The second-order valence-corrected chi connectivity index (χ2v) is 8.59. The van der Waals surface area contributed by atoms with Crippen LogP contribution in [0.3, 0.4) is 0 Å². The van der Waals surface area contributed by atoms with Crippen LogP contribution >= 0.6 is 0 Å². The molecule has 0 amide bonds. The van der Waals surface area contributed by atoms with Crippen LogP contribution in [0, 0.1) is 11.7 Å². The number of Topliss-reactive ketones (excluding diaryl/α,β-unsaturated/α-hetero) is 1. The Morgan fingerprint density at radius 1 is 1.23 bits per heavy atom. The van der Waals surface area contributed by atoms with E-state index < -0.39 is 48.6 Å². The Morgan fingerprint density at radius 3 is 2.86 bits per heavy atom. The third kappa shape index (κ3) is 4.26. The number of aliphatic imine (C=N–C) groups is 1. The maximum atomic E-state index is 15.0. The summed E-state index contributed by atoms with van der Waals surface area (Å²) in [6, 6.07) is 4.86. The number of pyridine rings is 1. The number of benzene rings is 1. The molecule has 0 spiro atoms. The van der Waals surface area contributed by atoms with Gasteiger partial charge in [-0.15, -0.1) is 0 Å². The summed E-state index contributed by atoms with van der Waals surface area (Å²) in [6.07, 6.45) is -2.78. The van der Waals surface area contributed by atoms with Crippen LogP contribution in [0.1, 0.15) is 28.0 Å². The van der Waals surface area contributed by atoms with Crippen molar-refractivity contribution in [3.8, 4) is 11.5 Å². The minimum Gasteiger partial charge on any atom is -0.479 e. The number of ether oxygens (including phenoxy) is 4. The molecule has 8 nitrogen and oxygen atoms in total. The highest BCUT2D eigenvalue weighted by Gasteiger charge is 2.52. The summed E-state index contributed by atoms with van der Waals surface area (Å²) >= 11 is 0. The van der Waals surface area contributed by atoms with Crippen molar-refractivity contribution in [2.75, 3.05) is 26.5 Å². The summed E-state index contributed by atoms with van der Waals surface area (Å²) in [5.74, 6) is -2.15. The van der Waals surface area contributed by atoms with Crippen LogP contribution in [0.15, 0.2) is 35.5 Å². The predicted molar refractivity (Wildman–Crippen MR) is 113 cm³/mol. The van der Waals surface area contributed by atoms with Gasteiger partial charge in [-0.25, -0.2) is 18.8 Å². The fraction of sp³-hybridized carbons (Fsp3) is 0.435. The lowest BCUT2D eigenvalue weighted by Crippen LogP contribution is -2.54. The summed E-state index contributed by atoms with van der Waals surface area (Å²) in [5.41, 5.74) is 4.40. The Balaban J connectivity index is 1.44. The Kier molecular flexibility index (Phi) is 5.78. The Hall–Kier alpha value is -3.41. The average Bonchev–Trinajstić information content (AvgIpc) is 2.83. The second-order valence-electron chi connectivity index (χ2n) is 8.59. The van der Waals surface area contributed by atoms with Gasteiger partial charge in [0, 0.05) is 24.5 Å². The van der Waals surface area contributed by atoms with Gasteiger partial charge in [0.1, 0.15) is 29.8 Å². The molecule has 186 valence electrons. The fourth-order valence-corrected chi connectivity index (χ4v) is 4.64. The van der Waals surface area contributed by atoms with Crippen molar-refractivity contribution in [3.63, 3.8) is 0 Å². The molecule has 1 fully saturated rings. The minimum absolute atomic E-state index is 0.0409. The number of carbonyl (C=O) groups is 1. The summed E-state index contributed by atoms with van der Waals surface area (Å²) in [5, 5.41) is 0. The van der Waals surface area contributed by atoms with Crippen molar-refractivity contribution in [2.24, 2.45) is 16.6 Å². The molecular formula is C23H21F4N3O5. The topological polar surface area (TPSA) is 105 Å². The van der Waals surface area contributed by atoms with Gasteiger partial charge in [-0.05, 0) is 17.7 Å². The number of ketones is 1. The van der Waals surface area contributed by atoms with E-state index in [9.17, 15) is 18.0 Å². The number of amidine groups is 1. The van der Waals surface area contributed by atoms with Crippen LogP contribution in [0.5, 0.6) is 11.5 Å². The van der Waals surface area contributed by atoms with E-state index in [0.29, 0.717) is 18.6 Å². The predicted octanol–water partition coefficient (Wildman–Crippen LogP) is 2.92. The summed E-state index contributed by atoms with van der Waals surface area (Å²) in [6.45, 7) is -1.55. The molecule has 0 radical (unpaired) electrons. The molecule has 12 heteroatoms. The number of nitrogens with zero attached hydrogens (tertiary/aromatic N) is 2. The molecule has 3 aliphatic rings. The third-order valence-electron chi connectivity index (χ3n) is 6.33. The average molecular weight is 495 g/mol. The summed E-state index contributed by atoms with van der Waals surface area (Å²) in [7, 11) is 0.